The van der Waals surface area contributed by atoms with E-state index in [0.717, 1.165) is 32.4 Å². The summed E-state index contributed by atoms with van der Waals surface area (Å²) in [5.41, 5.74) is -0.609. The molecule has 3 heteroatoms. The number of rotatable bonds is 3. The quantitative estimate of drug-likeness (QED) is 0.694. The summed E-state index contributed by atoms with van der Waals surface area (Å²) in [6.07, 6.45) is 2.70. The lowest BCUT2D eigenvalue weighted by molar-refractivity contribution is -0.173. The molecule has 0 aromatic heterocycles. The molecule has 0 saturated carbocycles. The Balaban J connectivity index is 2.56. The van der Waals surface area contributed by atoms with Gasteiger partial charge in [0.25, 0.3) is 0 Å². The van der Waals surface area contributed by atoms with Crippen molar-refractivity contribution in [1.82, 2.24) is 4.90 Å². The first-order valence-electron chi connectivity index (χ1n) is 6.21. The Morgan fingerprint density at radius 3 is 2.31 bits per heavy atom. The van der Waals surface area contributed by atoms with Crippen LogP contribution in [0.3, 0.4) is 0 Å². The molecule has 0 aromatic carbocycles. The SMILES string of the molecule is CCC(C)(C)C(=O)OC1(C)CCN(C)CC1. The molecular weight excluding hydrogens is 202 g/mol. The second-order valence-corrected chi connectivity index (χ2v) is 5.88. The van der Waals surface area contributed by atoms with Crippen LogP contribution in [-0.4, -0.2) is 36.6 Å². The van der Waals surface area contributed by atoms with Crippen molar-refractivity contribution in [3.63, 3.8) is 0 Å². The summed E-state index contributed by atoms with van der Waals surface area (Å²) < 4.78 is 5.72. The zero-order chi connectivity index (χ0) is 12.4. The molecular formula is C13H25NO2. The van der Waals surface area contributed by atoms with Crippen molar-refractivity contribution in [2.75, 3.05) is 20.1 Å². The smallest absolute Gasteiger partial charge is 0.312 e. The maximum absolute atomic E-state index is 12.0. The Kier molecular flexibility index (Phi) is 4.00. The van der Waals surface area contributed by atoms with E-state index in [1.54, 1.807) is 0 Å². The third kappa shape index (κ3) is 3.21. The van der Waals surface area contributed by atoms with Crippen LogP contribution in [0.5, 0.6) is 0 Å². The van der Waals surface area contributed by atoms with Crippen LogP contribution in [-0.2, 0) is 9.53 Å². The number of carbonyl (C=O) groups excluding carboxylic acids is 1. The van der Waals surface area contributed by atoms with E-state index in [-0.39, 0.29) is 17.0 Å². The van der Waals surface area contributed by atoms with Gasteiger partial charge < -0.3 is 9.64 Å². The fourth-order valence-electron chi connectivity index (χ4n) is 1.70. The van der Waals surface area contributed by atoms with Crippen LogP contribution in [0.25, 0.3) is 0 Å². The number of nitrogens with zero attached hydrogens (tertiary/aromatic N) is 1. The zero-order valence-electron chi connectivity index (χ0n) is 11.3. The van der Waals surface area contributed by atoms with Gasteiger partial charge in [0.2, 0.25) is 0 Å². The third-order valence-electron chi connectivity index (χ3n) is 3.82. The lowest BCUT2D eigenvalue weighted by atomic mass is 9.88. The van der Waals surface area contributed by atoms with Gasteiger partial charge in [0.1, 0.15) is 5.60 Å². The molecule has 1 aliphatic rings. The summed E-state index contributed by atoms with van der Waals surface area (Å²) in [4.78, 5) is 14.3. The molecule has 0 unspecified atom stereocenters. The Morgan fingerprint density at radius 1 is 1.38 bits per heavy atom. The highest BCUT2D eigenvalue weighted by atomic mass is 16.6. The summed E-state index contributed by atoms with van der Waals surface area (Å²) in [5, 5.41) is 0. The largest absolute Gasteiger partial charge is 0.459 e. The van der Waals surface area contributed by atoms with Crippen molar-refractivity contribution in [1.29, 1.82) is 0 Å². The summed E-state index contributed by atoms with van der Waals surface area (Å²) in [7, 11) is 2.11. The number of likely N-dealkylation sites (tertiary alicyclic amines) is 1. The van der Waals surface area contributed by atoms with Crippen LogP contribution >= 0.6 is 0 Å². The van der Waals surface area contributed by atoms with Crippen molar-refractivity contribution < 1.29 is 9.53 Å². The normalized spacial score (nSPS) is 21.8. The first kappa shape index (κ1) is 13.5. The van der Waals surface area contributed by atoms with Crippen molar-refractivity contribution >= 4 is 5.97 Å². The Bertz CT molecular complexity index is 253. The number of hydrogen-bond donors (Lipinski definition) is 0. The number of esters is 1. The Hall–Kier alpha value is -0.570. The molecule has 1 fully saturated rings. The Labute approximate surface area is 99.1 Å². The van der Waals surface area contributed by atoms with Gasteiger partial charge in [0.05, 0.1) is 5.41 Å². The minimum Gasteiger partial charge on any atom is -0.459 e. The molecule has 94 valence electrons. The van der Waals surface area contributed by atoms with E-state index in [1.807, 2.05) is 20.8 Å². The van der Waals surface area contributed by atoms with Crippen molar-refractivity contribution in [3.05, 3.63) is 0 Å². The maximum atomic E-state index is 12.0. The third-order valence-corrected chi connectivity index (χ3v) is 3.82. The summed E-state index contributed by atoms with van der Waals surface area (Å²) >= 11 is 0. The van der Waals surface area contributed by atoms with E-state index >= 15 is 0 Å². The predicted octanol–water partition coefficient (Wildman–Crippen LogP) is 2.45. The highest BCUT2D eigenvalue weighted by molar-refractivity contribution is 5.76. The summed E-state index contributed by atoms with van der Waals surface area (Å²) in [5.74, 6) is -0.0537. The average molecular weight is 227 g/mol. The Morgan fingerprint density at radius 2 is 1.88 bits per heavy atom. The van der Waals surface area contributed by atoms with Crippen LogP contribution in [0, 0.1) is 5.41 Å². The number of piperidine rings is 1. The van der Waals surface area contributed by atoms with Gasteiger partial charge in [0, 0.05) is 13.1 Å². The number of carbonyl (C=O) groups is 1. The molecule has 3 nitrogen and oxygen atoms in total. The molecule has 0 bridgehead atoms. The second-order valence-electron chi connectivity index (χ2n) is 5.88. The lowest BCUT2D eigenvalue weighted by Gasteiger charge is -2.39. The molecule has 1 rings (SSSR count). The van der Waals surface area contributed by atoms with Gasteiger partial charge in [-0.05, 0) is 47.1 Å². The van der Waals surface area contributed by atoms with E-state index in [0.29, 0.717) is 0 Å². The monoisotopic (exact) mass is 227 g/mol. The van der Waals surface area contributed by atoms with Gasteiger partial charge in [0.15, 0.2) is 0 Å². The fourth-order valence-corrected chi connectivity index (χ4v) is 1.70. The molecule has 0 amide bonds. The lowest BCUT2D eigenvalue weighted by Crippen LogP contribution is -2.45. The van der Waals surface area contributed by atoms with E-state index in [9.17, 15) is 4.79 Å². The standard InChI is InChI=1S/C13H25NO2/c1-6-12(2,3)11(15)16-13(4)7-9-14(5)10-8-13/h6-10H2,1-5H3. The number of ether oxygens (including phenoxy) is 1. The summed E-state index contributed by atoms with van der Waals surface area (Å²) in [6, 6.07) is 0. The van der Waals surface area contributed by atoms with Gasteiger partial charge in [-0.3, -0.25) is 4.79 Å². The van der Waals surface area contributed by atoms with E-state index < -0.39 is 0 Å². The van der Waals surface area contributed by atoms with Crippen LogP contribution in [0.1, 0.15) is 47.0 Å². The van der Waals surface area contributed by atoms with Gasteiger partial charge in [-0.2, -0.15) is 0 Å². The molecule has 0 aliphatic carbocycles. The first-order valence-corrected chi connectivity index (χ1v) is 6.21. The van der Waals surface area contributed by atoms with Crippen LogP contribution < -0.4 is 0 Å². The second kappa shape index (κ2) is 4.74. The fraction of sp³-hybridized carbons (Fsp3) is 0.923. The van der Waals surface area contributed by atoms with Gasteiger partial charge in [-0.1, -0.05) is 6.92 Å². The van der Waals surface area contributed by atoms with E-state index in [2.05, 4.69) is 18.9 Å². The van der Waals surface area contributed by atoms with Crippen molar-refractivity contribution in [2.45, 2.75) is 52.6 Å². The maximum Gasteiger partial charge on any atom is 0.312 e. The van der Waals surface area contributed by atoms with Gasteiger partial charge in [-0.25, -0.2) is 0 Å². The highest BCUT2D eigenvalue weighted by Crippen LogP contribution is 2.30. The van der Waals surface area contributed by atoms with E-state index in [4.69, 9.17) is 4.74 Å². The van der Waals surface area contributed by atoms with Gasteiger partial charge >= 0.3 is 5.97 Å². The predicted molar refractivity (Wildman–Crippen MR) is 65.3 cm³/mol. The van der Waals surface area contributed by atoms with Crippen molar-refractivity contribution in [2.24, 2.45) is 5.41 Å². The molecule has 1 aliphatic heterocycles. The van der Waals surface area contributed by atoms with E-state index in [1.165, 1.54) is 0 Å². The van der Waals surface area contributed by atoms with Crippen molar-refractivity contribution in [3.8, 4) is 0 Å². The molecule has 0 spiro atoms. The topological polar surface area (TPSA) is 29.5 Å². The molecule has 0 radical (unpaired) electrons. The first-order chi connectivity index (χ1) is 7.29. The van der Waals surface area contributed by atoms with Crippen LogP contribution in [0.15, 0.2) is 0 Å². The molecule has 1 saturated heterocycles. The minimum atomic E-state index is -0.355. The highest BCUT2D eigenvalue weighted by Gasteiger charge is 2.37. The van der Waals surface area contributed by atoms with Gasteiger partial charge in [-0.15, -0.1) is 0 Å². The molecule has 0 aromatic rings. The molecule has 16 heavy (non-hydrogen) atoms. The molecule has 0 atom stereocenters. The van der Waals surface area contributed by atoms with Crippen LogP contribution in [0.2, 0.25) is 0 Å². The average Bonchev–Trinajstić information content (AvgIpc) is 2.23. The summed E-state index contributed by atoms with van der Waals surface area (Å²) in [6.45, 7) is 10.0. The molecule has 1 heterocycles. The number of hydrogen-bond acceptors (Lipinski definition) is 3. The zero-order valence-corrected chi connectivity index (χ0v) is 11.3. The minimum absolute atomic E-state index is 0.0537. The molecule has 0 N–H and O–H groups in total. The van der Waals surface area contributed by atoms with Crippen LogP contribution in [0.4, 0.5) is 0 Å².